The summed E-state index contributed by atoms with van der Waals surface area (Å²) >= 11 is 0. The van der Waals surface area contributed by atoms with Crippen molar-refractivity contribution in [3.8, 4) is 5.75 Å². The zero-order valence-corrected chi connectivity index (χ0v) is 15.8. The Bertz CT molecular complexity index is 539. The van der Waals surface area contributed by atoms with Crippen molar-refractivity contribution in [3.05, 3.63) is 29.8 Å². The summed E-state index contributed by atoms with van der Waals surface area (Å²) in [6, 6.07) is 6.53. The van der Waals surface area contributed by atoms with Gasteiger partial charge in [-0.25, -0.2) is 0 Å². The molecule has 0 radical (unpaired) electrons. The third-order valence-corrected chi connectivity index (χ3v) is 4.46. The van der Waals surface area contributed by atoms with E-state index in [1.165, 1.54) is 0 Å². The minimum atomic E-state index is -1.07. The molecule has 25 heavy (non-hydrogen) atoms. The van der Waals surface area contributed by atoms with Gasteiger partial charge in [0.2, 0.25) is 0 Å². The molecule has 1 aromatic rings. The molecule has 0 aliphatic carbocycles. The van der Waals surface area contributed by atoms with E-state index in [0.717, 1.165) is 18.6 Å². The number of aliphatic carboxylic acids is 1. The number of benzene rings is 1. The van der Waals surface area contributed by atoms with Crippen molar-refractivity contribution in [1.29, 1.82) is 0 Å². The average molecular weight is 349 g/mol. The molecule has 0 heterocycles. The Labute approximate surface area is 150 Å². The van der Waals surface area contributed by atoms with Crippen molar-refractivity contribution >= 4 is 11.8 Å². The molecule has 0 aliphatic heterocycles. The molecule has 140 valence electrons. The molecule has 0 bridgehead atoms. The Morgan fingerprint density at radius 2 is 1.80 bits per heavy atom. The predicted octanol–water partition coefficient (Wildman–Crippen LogP) is 1.41. The number of ketones is 1. The summed E-state index contributed by atoms with van der Waals surface area (Å²) in [5.74, 6) is 0.313. The Hall–Kier alpha value is -1.88. The first-order chi connectivity index (χ1) is 11.8. The number of carboxylic acids is 1. The maximum atomic E-state index is 12.2. The van der Waals surface area contributed by atoms with Crippen LogP contribution in [0, 0.1) is 11.8 Å². The zero-order valence-electron chi connectivity index (χ0n) is 15.8. The number of carbonyl (C=O) groups is 2. The molecule has 2 atom stereocenters. The van der Waals surface area contributed by atoms with E-state index in [2.05, 4.69) is 13.8 Å². The number of carboxylic acid groups (broad SMARTS) is 1. The van der Waals surface area contributed by atoms with Crippen molar-refractivity contribution in [1.82, 2.24) is 0 Å². The Kier molecular flexibility index (Phi) is 9.21. The van der Waals surface area contributed by atoms with Crippen LogP contribution in [-0.4, -0.2) is 30.9 Å². The summed E-state index contributed by atoms with van der Waals surface area (Å²) in [6.45, 7) is 9.23. The lowest BCUT2D eigenvalue weighted by atomic mass is 9.99. The summed E-state index contributed by atoms with van der Waals surface area (Å²) in [5.41, 5.74) is 0.623. The van der Waals surface area contributed by atoms with Crippen LogP contribution >= 0.6 is 0 Å². The molecule has 5 heteroatoms. The highest BCUT2D eigenvalue weighted by atomic mass is 16.5. The van der Waals surface area contributed by atoms with E-state index in [9.17, 15) is 14.7 Å². The van der Waals surface area contributed by atoms with Crippen LogP contribution in [0.25, 0.3) is 0 Å². The van der Waals surface area contributed by atoms with Crippen LogP contribution in [0.15, 0.2) is 24.3 Å². The number of carbonyl (C=O) groups excluding carboxylic acids is 2. The second-order valence-electron chi connectivity index (χ2n) is 6.98. The monoisotopic (exact) mass is 349 g/mol. The van der Waals surface area contributed by atoms with Crippen LogP contribution in [0.5, 0.6) is 5.75 Å². The standard InChI is InChI=1S/C20H31NO4/c1-5-15(4)19(20(23)24)21-12-10-18(22)16-6-8-17(9-7-16)25-13-11-14(2)3/h6-9,14-15,19,21H,5,10-13H2,1-4H3,(H,23,24). The summed E-state index contributed by atoms with van der Waals surface area (Å²) in [7, 11) is 0. The molecule has 0 spiro atoms. The highest BCUT2D eigenvalue weighted by molar-refractivity contribution is 5.96. The fourth-order valence-corrected chi connectivity index (χ4v) is 2.50. The highest BCUT2D eigenvalue weighted by Gasteiger charge is 2.20. The normalized spacial score (nSPS) is 13.5. The number of Topliss-reactive ketones (excluding diaryl/α,β-unsaturated/α-hetero) is 1. The number of hydrogen-bond acceptors (Lipinski definition) is 4. The summed E-state index contributed by atoms with van der Waals surface area (Å²) < 4.78 is 5.64. The van der Waals surface area contributed by atoms with Gasteiger partial charge in [0.15, 0.2) is 5.78 Å². The van der Waals surface area contributed by atoms with E-state index in [0.29, 0.717) is 31.1 Å². The smallest absolute Gasteiger partial charge is 0.168 e. The third-order valence-electron chi connectivity index (χ3n) is 4.46. The summed E-state index contributed by atoms with van der Waals surface area (Å²) in [6.07, 6.45) is 2.06. The minimum Gasteiger partial charge on any atom is -0.544 e. The van der Waals surface area contributed by atoms with Crippen LogP contribution < -0.4 is 15.2 Å². The molecule has 0 aliphatic rings. The van der Waals surface area contributed by atoms with E-state index in [1.54, 1.807) is 29.6 Å². The molecule has 0 aromatic heterocycles. The van der Waals surface area contributed by atoms with Crippen molar-refractivity contribution in [2.75, 3.05) is 13.2 Å². The molecule has 0 saturated carbocycles. The first-order valence-corrected chi connectivity index (χ1v) is 9.15. The van der Waals surface area contributed by atoms with Gasteiger partial charge in [-0.2, -0.15) is 0 Å². The van der Waals surface area contributed by atoms with E-state index in [1.807, 2.05) is 13.8 Å². The number of rotatable bonds is 12. The van der Waals surface area contributed by atoms with Gasteiger partial charge in [-0.1, -0.05) is 27.7 Å². The lowest BCUT2D eigenvalue weighted by molar-refractivity contribution is -0.688. The molecule has 2 N–H and O–H groups in total. The average Bonchev–Trinajstić information content (AvgIpc) is 2.57. The van der Waals surface area contributed by atoms with Crippen LogP contribution in [-0.2, 0) is 4.79 Å². The number of nitrogens with two attached hydrogens (primary N) is 1. The van der Waals surface area contributed by atoms with Crippen LogP contribution in [0.4, 0.5) is 0 Å². The topological polar surface area (TPSA) is 83.0 Å². The Morgan fingerprint density at radius 1 is 1.16 bits per heavy atom. The fourth-order valence-electron chi connectivity index (χ4n) is 2.50. The van der Waals surface area contributed by atoms with Gasteiger partial charge in [0.25, 0.3) is 0 Å². The van der Waals surface area contributed by atoms with E-state index in [-0.39, 0.29) is 11.7 Å². The Balaban J connectivity index is 2.45. The fraction of sp³-hybridized carbons (Fsp3) is 0.600. The SMILES string of the molecule is CCC(C)C([NH2+]CCC(=O)c1ccc(OCCC(C)C)cc1)C(=O)[O-]. The number of quaternary nitrogens is 1. The molecule has 0 saturated heterocycles. The minimum absolute atomic E-state index is 0.00577. The highest BCUT2D eigenvalue weighted by Crippen LogP contribution is 2.14. The number of ether oxygens (including phenoxy) is 1. The second-order valence-corrected chi connectivity index (χ2v) is 6.98. The first-order valence-electron chi connectivity index (χ1n) is 9.15. The van der Waals surface area contributed by atoms with Gasteiger partial charge in [-0.3, -0.25) is 4.79 Å². The van der Waals surface area contributed by atoms with Gasteiger partial charge in [-0.05, 0) is 43.0 Å². The van der Waals surface area contributed by atoms with Gasteiger partial charge >= 0.3 is 0 Å². The Morgan fingerprint density at radius 3 is 2.32 bits per heavy atom. The molecular formula is C20H31NO4. The quantitative estimate of drug-likeness (QED) is 0.578. The summed E-state index contributed by atoms with van der Waals surface area (Å²) in [4.78, 5) is 23.4. The first kappa shape index (κ1) is 21.2. The van der Waals surface area contributed by atoms with Gasteiger partial charge in [0, 0.05) is 11.5 Å². The van der Waals surface area contributed by atoms with Crippen molar-refractivity contribution < 1.29 is 24.7 Å². The maximum Gasteiger partial charge on any atom is 0.168 e. The van der Waals surface area contributed by atoms with Crippen LogP contribution in [0.3, 0.4) is 0 Å². The predicted molar refractivity (Wildman–Crippen MR) is 95.4 cm³/mol. The summed E-state index contributed by atoms with van der Waals surface area (Å²) in [5, 5.41) is 12.9. The van der Waals surface area contributed by atoms with E-state index < -0.39 is 12.0 Å². The van der Waals surface area contributed by atoms with Gasteiger partial charge in [0.05, 0.1) is 25.5 Å². The van der Waals surface area contributed by atoms with Crippen molar-refractivity contribution in [2.24, 2.45) is 11.8 Å². The lowest BCUT2D eigenvalue weighted by Gasteiger charge is -2.21. The molecule has 0 amide bonds. The molecule has 5 nitrogen and oxygen atoms in total. The molecular weight excluding hydrogens is 318 g/mol. The van der Waals surface area contributed by atoms with E-state index in [4.69, 9.17) is 4.74 Å². The molecule has 0 fully saturated rings. The molecule has 1 aromatic carbocycles. The van der Waals surface area contributed by atoms with Gasteiger partial charge in [-0.15, -0.1) is 0 Å². The lowest BCUT2D eigenvalue weighted by Crippen LogP contribution is -2.94. The van der Waals surface area contributed by atoms with Gasteiger partial charge < -0.3 is 20.0 Å². The van der Waals surface area contributed by atoms with Crippen molar-refractivity contribution in [3.63, 3.8) is 0 Å². The van der Waals surface area contributed by atoms with Gasteiger partial charge in [0.1, 0.15) is 11.8 Å². The molecule has 1 rings (SSSR count). The van der Waals surface area contributed by atoms with E-state index >= 15 is 0 Å². The molecule has 2 unspecified atom stereocenters. The third kappa shape index (κ3) is 7.69. The van der Waals surface area contributed by atoms with Crippen molar-refractivity contribution in [2.45, 2.75) is 53.0 Å². The largest absolute Gasteiger partial charge is 0.544 e. The maximum absolute atomic E-state index is 12.2. The van der Waals surface area contributed by atoms with Crippen LogP contribution in [0.2, 0.25) is 0 Å². The number of hydrogen-bond donors (Lipinski definition) is 1. The second kappa shape index (κ2) is 10.9. The van der Waals surface area contributed by atoms with Crippen LogP contribution in [0.1, 0.15) is 57.3 Å². The zero-order chi connectivity index (χ0) is 18.8.